The first-order chi connectivity index (χ1) is 10.6. The number of nitrogens with zero attached hydrogens (tertiary/aromatic N) is 4. The Balaban J connectivity index is 1.82. The van der Waals surface area contributed by atoms with Crippen molar-refractivity contribution in [3.63, 3.8) is 0 Å². The van der Waals surface area contributed by atoms with E-state index in [0.29, 0.717) is 5.39 Å². The summed E-state index contributed by atoms with van der Waals surface area (Å²) in [5, 5.41) is 0.600. The lowest BCUT2D eigenvalue weighted by Crippen LogP contribution is -2.34. The summed E-state index contributed by atoms with van der Waals surface area (Å²) < 4.78 is 16.2. The van der Waals surface area contributed by atoms with E-state index in [1.807, 2.05) is 32.4 Å². The number of benzene rings is 1. The maximum atomic E-state index is 14.0. The average molecular weight is 296 g/mol. The number of rotatable bonds is 1. The van der Waals surface area contributed by atoms with Crippen molar-refractivity contribution >= 4 is 16.7 Å². The van der Waals surface area contributed by atoms with Crippen LogP contribution in [0.5, 0.6) is 0 Å². The molecule has 0 unspecified atom stereocenters. The maximum absolute atomic E-state index is 14.0. The summed E-state index contributed by atoms with van der Waals surface area (Å²) in [4.78, 5) is 11.2. The molecule has 0 bridgehead atoms. The topological polar surface area (TPSA) is 34.0 Å². The zero-order valence-corrected chi connectivity index (χ0v) is 12.7. The molecule has 1 aromatic carbocycles. The van der Waals surface area contributed by atoms with Gasteiger partial charge in [0.2, 0.25) is 0 Å². The predicted molar refractivity (Wildman–Crippen MR) is 84.5 cm³/mol. The van der Waals surface area contributed by atoms with Crippen molar-refractivity contribution in [1.29, 1.82) is 0 Å². The SMILES string of the molecule is Cc1cc2c(F)ccc(C)c2nc1N1CCn2cncc2C1. The van der Waals surface area contributed by atoms with Crippen molar-refractivity contribution in [2.24, 2.45) is 0 Å². The van der Waals surface area contributed by atoms with Gasteiger partial charge in [-0.05, 0) is 37.1 Å². The summed E-state index contributed by atoms with van der Waals surface area (Å²) in [6.45, 7) is 6.54. The number of pyridine rings is 1. The second-order valence-electron chi connectivity index (χ2n) is 5.89. The summed E-state index contributed by atoms with van der Waals surface area (Å²) in [5.41, 5.74) is 3.94. The minimum Gasteiger partial charge on any atom is -0.349 e. The number of fused-ring (bicyclic) bond motifs is 2. The summed E-state index contributed by atoms with van der Waals surface area (Å²) in [6.07, 6.45) is 3.76. The van der Waals surface area contributed by atoms with Gasteiger partial charge >= 0.3 is 0 Å². The molecule has 4 nitrogen and oxygen atoms in total. The largest absolute Gasteiger partial charge is 0.349 e. The van der Waals surface area contributed by atoms with Gasteiger partial charge < -0.3 is 9.47 Å². The van der Waals surface area contributed by atoms with E-state index in [4.69, 9.17) is 4.98 Å². The van der Waals surface area contributed by atoms with Crippen molar-refractivity contribution in [2.75, 3.05) is 11.4 Å². The second-order valence-corrected chi connectivity index (χ2v) is 5.89. The molecule has 0 amide bonds. The summed E-state index contributed by atoms with van der Waals surface area (Å²) in [6, 6.07) is 5.21. The fourth-order valence-electron chi connectivity index (χ4n) is 3.14. The predicted octanol–water partition coefficient (Wildman–Crippen LogP) is 3.21. The van der Waals surface area contributed by atoms with Gasteiger partial charge in [0.05, 0.1) is 24.1 Å². The van der Waals surface area contributed by atoms with Crippen LogP contribution in [0.2, 0.25) is 0 Å². The quantitative estimate of drug-likeness (QED) is 0.691. The van der Waals surface area contributed by atoms with Crippen LogP contribution >= 0.6 is 0 Å². The molecule has 3 aromatic rings. The minimum absolute atomic E-state index is 0.209. The highest BCUT2D eigenvalue weighted by Gasteiger charge is 2.20. The third-order valence-electron chi connectivity index (χ3n) is 4.36. The van der Waals surface area contributed by atoms with Crippen LogP contribution in [0.4, 0.5) is 10.2 Å². The molecule has 5 heteroatoms. The number of hydrogen-bond donors (Lipinski definition) is 0. The Labute approximate surface area is 128 Å². The molecule has 3 heterocycles. The number of anilines is 1. The summed E-state index contributed by atoms with van der Waals surface area (Å²) in [7, 11) is 0. The van der Waals surface area contributed by atoms with Crippen molar-refractivity contribution in [2.45, 2.75) is 26.9 Å². The number of imidazole rings is 1. The second kappa shape index (κ2) is 4.80. The van der Waals surface area contributed by atoms with Gasteiger partial charge in [-0.2, -0.15) is 0 Å². The number of halogens is 1. The average Bonchev–Trinajstić information content (AvgIpc) is 2.98. The van der Waals surface area contributed by atoms with Gasteiger partial charge in [0.25, 0.3) is 0 Å². The fraction of sp³-hybridized carbons (Fsp3) is 0.294. The zero-order chi connectivity index (χ0) is 15.3. The van der Waals surface area contributed by atoms with Crippen LogP contribution in [0, 0.1) is 19.7 Å². The van der Waals surface area contributed by atoms with E-state index >= 15 is 0 Å². The molecule has 0 N–H and O–H groups in total. The first-order valence-electron chi connectivity index (χ1n) is 7.44. The molecule has 0 radical (unpaired) electrons. The highest BCUT2D eigenvalue weighted by atomic mass is 19.1. The minimum atomic E-state index is -0.209. The van der Waals surface area contributed by atoms with Gasteiger partial charge in [-0.3, -0.25) is 0 Å². The first kappa shape index (κ1) is 13.2. The Bertz CT molecular complexity index is 868. The first-order valence-corrected chi connectivity index (χ1v) is 7.44. The van der Waals surface area contributed by atoms with E-state index in [-0.39, 0.29) is 5.82 Å². The van der Waals surface area contributed by atoms with Crippen LogP contribution in [0.25, 0.3) is 10.9 Å². The van der Waals surface area contributed by atoms with Crippen molar-refractivity contribution in [3.8, 4) is 0 Å². The lowest BCUT2D eigenvalue weighted by atomic mass is 10.1. The molecule has 0 fully saturated rings. The van der Waals surface area contributed by atoms with Gasteiger partial charge in [0.1, 0.15) is 11.6 Å². The fourth-order valence-corrected chi connectivity index (χ4v) is 3.14. The van der Waals surface area contributed by atoms with Gasteiger partial charge in [-0.1, -0.05) is 6.07 Å². The van der Waals surface area contributed by atoms with E-state index in [9.17, 15) is 4.39 Å². The van der Waals surface area contributed by atoms with E-state index in [2.05, 4.69) is 14.5 Å². The van der Waals surface area contributed by atoms with E-state index in [1.54, 1.807) is 6.07 Å². The van der Waals surface area contributed by atoms with Gasteiger partial charge in [0, 0.05) is 24.7 Å². The molecular weight excluding hydrogens is 279 g/mol. The Morgan fingerprint density at radius 2 is 2.00 bits per heavy atom. The molecule has 1 aliphatic heterocycles. The smallest absolute Gasteiger partial charge is 0.132 e. The van der Waals surface area contributed by atoms with Crippen LogP contribution in [-0.4, -0.2) is 21.1 Å². The van der Waals surface area contributed by atoms with Crippen LogP contribution in [-0.2, 0) is 13.1 Å². The molecule has 0 saturated carbocycles. The molecule has 0 spiro atoms. The summed E-state index contributed by atoms with van der Waals surface area (Å²) in [5.74, 6) is 0.730. The molecular formula is C17H17FN4. The van der Waals surface area contributed by atoms with E-state index < -0.39 is 0 Å². The number of aryl methyl sites for hydroxylation is 2. The molecule has 1 aliphatic rings. The Hall–Kier alpha value is -2.43. The zero-order valence-electron chi connectivity index (χ0n) is 12.7. The monoisotopic (exact) mass is 296 g/mol. The molecule has 112 valence electrons. The highest BCUT2D eigenvalue weighted by molar-refractivity contribution is 5.85. The van der Waals surface area contributed by atoms with Crippen molar-refractivity contribution < 1.29 is 4.39 Å². The third-order valence-corrected chi connectivity index (χ3v) is 4.36. The van der Waals surface area contributed by atoms with Crippen LogP contribution in [0.1, 0.15) is 16.8 Å². The number of hydrogen-bond acceptors (Lipinski definition) is 3. The Morgan fingerprint density at radius 1 is 1.14 bits per heavy atom. The highest BCUT2D eigenvalue weighted by Crippen LogP contribution is 2.28. The lowest BCUT2D eigenvalue weighted by molar-refractivity contribution is 0.567. The lowest BCUT2D eigenvalue weighted by Gasteiger charge is -2.30. The van der Waals surface area contributed by atoms with Gasteiger partial charge in [0.15, 0.2) is 0 Å². The molecule has 4 rings (SSSR count). The molecule has 2 aromatic heterocycles. The standard InChI is InChI=1S/C17H17FN4/c1-11-3-4-15(18)14-7-12(2)17(20-16(11)14)21-5-6-22-10-19-8-13(22)9-21/h3-4,7-8,10H,5-6,9H2,1-2H3. The normalized spacial score (nSPS) is 14.4. The Kier molecular flexibility index (Phi) is 2.89. The van der Waals surface area contributed by atoms with Crippen molar-refractivity contribution in [3.05, 3.63) is 53.4 Å². The van der Waals surface area contributed by atoms with Gasteiger partial charge in [-0.15, -0.1) is 0 Å². The van der Waals surface area contributed by atoms with Crippen molar-refractivity contribution in [1.82, 2.24) is 14.5 Å². The van der Waals surface area contributed by atoms with E-state index in [1.165, 1.54) is 11.8 Å². The maximum Gasteiger partial charge on any atom is 0.132 e. The third kappa shape index (κ3) is 1.96. The van der Waals surface area contributed by atoms with Crippen LogP contribution < -0.4 is 4.90 Å². The van der Waals surface area contributed by atoms with Gasteiger partial charge in [-0.25, -0.2) is 14.4 Å². The summed E-state index contributed by atoms with van der Waals surface area (Å²) >= 11 is 0. The number of aromatic nitrogens is 3. The molecule has 0 aliphatic carbocycles. The molecule has 22 heavy (non-hydrogen) atoms. The molecule has 0 saturated heterocycles. The van der Waals surface area contributed by atoms with Crippen LogP contribution in [0.15, 0.2) is 30.7 Å². The van der Waals surface area contributed by atoms with Crippen LogP contribution in [0.3, 0.4) is 0 Å². The van der Waals surface area contributed by atoms with E-state index in [0.717, 1.165) is 42.1 Å². The Morgan fingerprint density at radius 3 is 2.86 bits per heavy atom. The molecule has 0 atom stereocenters.